The van der Waals surface area contributed by atoms with Gasteiger partial charge in [-0.1, -0.05) is 0 Å². The number of nitrogens with one attached hydrogen (secondary N) is 1. The summed E-state index contributed by atoms with van der Waals surface area (Å²) in [5, 5.41) is 11.3. The van der Waals surface area contributed by atoms with E-state index >= 15 is 0 Å². The summed E-state index contributed by atoms with van der Waals surface area (Å²) in [5.41, 5.74) is -0.0225. The van der Waals surface area contributed by atoms with E-state index in [1.807, 2.05) is 0 Å². The molecule has 1 unspecified atom stereocenters. The first kappa shape index (κ1) is 12.0. The largest absolute Gasteiger partial charge is 0.478 e. The highest BCUT2D eigenvalue weighted by atomic mass is 16.5. The predicted octanol–water partition coefficient (Wildman–Crippen LogP) is 0.293. The number of carboxylic acids is 1. The molecule has 86 valence electrons. The Hall–Kier alpha value is -2.11. The fraction of sp³-hybridized carbons (Fsp3) is 0.300. The number of amides is 1. The standard InChI is InChI=1S/C10H12N2O4/c1-6(9(13)11-2)16-8-5-12-4-3-7(8)10(14)15/h3-6H,1-2H3,(H,11,13)(H,14,15). The van der Waals surface area contributed by atoms with E-state index in [0.29, 0.717) is 0 Å². The van der Waals surface area contributed by atoms with Gasteiger partial charge in [0, 0.05) is 13.2 Å². The van der Waals surface area contributed by atoms with E-state index in [1.54, 1.807) is 0 Å². The number of hydrogen-bond acceptors (Lipinski definition) is 4. The number of aromatic nitrogens is 1. The second-order valence-corrected chi connectivity index (χ2v) is 3.05. The Morgan fingerprint density at radius 3 is 2.81 bits per heavy atom. The summed E-state index contributed by atoms with van der Waals surface area (Å²) in [6.45, 7) is 1.53. The van der Waals surface area contributed by atoms with Crippen molar-refractivity contribution in [3.63, 3.8) is 0 Å². The van der Waals surface area contributed by atoms with Crippen LogP contribution in [0.5, 0.6) is 5.75 Å². The van der Waals surface area contributed by atoms with Crippen LogP contribution in [0.25, 0.3) is 0 Å². The third kappa shape index (κ3) is 2.69. The minimum absolute atomic E-state index is 0.0225. The smallest absolute Gasteiger partial charge is 0.339 e. The highest BCUT2D eigenvalue weighted by molar-refractivity contribution is 5.90. The minimum Gasteiger partial charge on any atom is -0.478 e. The monoisotopic (exact) mass is 224 g/mol. The summed E-state index contributed by atoms with van der Waals surface area (Å²) >= 11 is 0. The lowest BCUT2D eigenvalue weighted by molar-refractivity contribution is -0.126. The molecule has 0 saturated carbocycles. The van der Waals surface area contributed by atoms with Crippen molar-refractivity contribution in [3.8, 4) is 5.75 Å². The van der Waals surface area contributed by atoms with Gasteiger partial charge < -0.3 is 15.2 Å². The Balaban J connectivity index is 2.88. The van der Waals surface area contributed by atoms with Crippen LogP contribution in [-0.4, -0.2) is 35.1 Å². The molecule has 1 atom stereocenters. The molecule has 16 heavy (non-hydrogen) atoms. The van der Waals surface area contributed by atoms with E-state index in [-0.39, 0.29) is 17.2 Å². The Labute approximate surface area is 92.3 Å². The second-order valence-electron chi connectivity index (χ2n) is 3.05. The van der Waals surface area contributed by atoms with E-state index in [9.17, 15) is 9.59 Å². The molecule has 0 fully saturated rings. The van der Waals surface area contributed by atoms with E-state index in [2.05, 4.69) is 10.3 Å². The van der Waals surface area contributed by atoms with Gasteiger partial charge in [-0.3, -0.25) is 9.78 Å². The number of carboxylic acid groups (broad SMARTS) is 1. The Morgan fingerprint density at radius 1 is 1.56 bits per heavy atom. The van der Waals surface area contributed by atoms with E-state index in [0.717, 1.165) is 0 Å². The average Bonchev–Trinajstić information content (AvgIpc) is 2.28. The summed E-state index contributed by atoms with van der Waals surface area (Å²) in [7, 11) is 1.48. The van der Waals surface area contributed by atoms with Gasteiger partial charge >= 0.3 is 5.97 Å². The van der Waals surface area contributed by atoms with E-state index in [1.165, 1.54) is 32.4 Å². The number of ether oxygens (including phenoxy) is 1. The number of carbonyl (C=O) groups is 2. The summed E-state index contributed by atoms with van der Waals surface area (Å²) in [6, 6.07) is 1.31. The number of aromatic carboxylic acids is 1. The second kappa shape index (κ2) is 5.11. The van der Waals surface area contributed by atoms with Gasteiger partial charge in [0.2, 0.25) is 0 Å². The maximum atomic E-state index is 11.2. The van der Waals surface area contributed by atoms with Gasteiger partial charge in [-0.25, -0.2) is 4.79 Å². The third-order valence-electron chi connectivity index (χ3n) is 1.93. The molecular weight excluding hydrogens is 212 g/mol. The van der Waals surface area contributed by atoms with Crippen molar-refractivity contribution in [3.05, 3.63) is 24.0 Å². The van der Waals surface area contributed by atoms with Crippen molar-refractivity contribution >= 4 is 11.9 Å². The van der Waals surface area contributed by atoms with Crippen LogP contribution in [0, 0.1) is 0 Å². The average molecular weight is 224 g/mol. The maximum absolute atomic E-state index is 11.2. The summed E-state index contributed by atoms with van der Waals surface area (Å²) in [4.78, 5) is 25.8. The summed E-state index contributed by atoms with van der Waals surface area (Å²) in [6.07, 6.45) is 1.84. The van der Waals surface area contributed by atoms with Gasteiger partial charge in [-0.05, 0) is 13.0 Å². The van der Waals surface area contributed by atoms with Gasteiger partial charge in [0.1, 0.15) is 5.56 Å². The first-order valence-electron chi connectivity index (χ1n) is 4.61. The normalized spacial score (nSPS) is 11.6. The fourth-order valence-electron chi connectivity index (χ4n) is 1.10. The van der Waals surface area contributed by atoms with E-state index in [4.69, 9.17) is 9.84 Å². The number of pyridine rings is 1. The van der Waals surface area contributed by atoms with Crippen molar-refractivity contribution < 1.29 is 19.4 Å². The molecule has 0 bridgehead atoms. The molecule has 0 aromatic carbocycles. The zero-order chi connectivity index (χ0) is 12.1. The fourth-order valence-corrected chi connectivity index (χ4v) is 1.10. The predicted molar refractivity (Wildman–Crippen MR) is 55.4 cm³/mol. The Bertz CT molecular complexity index is 406. The maximum Gasteiger partial charge on any atom is 0.339 e. The van der Waals surface area contributed by atoms with Gasteiger partial charge in [-0.15, -0.1) is 0 Å². The van der Waals surface area contributed by atoms with Gasteiger partial charge in [0.25, 0.3) is 5.91 Å². The molecule has 0 aliphatic rings. The molecule has 2 N–H and O–H groups in total. The zero-order valence-corrected chi connectivity index (χ0v) is 8.93. The zero-order valence-electron chi connectivity index (χ0n) is 8.93. The van der Waals surface area contributed by atoms with Gasteiger partial charge in [-0.2, -0.15) is 0 Å². The van der Waals surface area contributed by atoms with Crippen LogP contribution in [0.15, 0.2) is 18.5 Å². The van der Waals surface area contributed by atoms with Crippen LogP contribution in [-0.2, 0) is 4.79 Å². The molecular formula is C10H12N2O4. The molecule has 1 rings (SSSR count). The van der Waals surface area contributed by atoms with Crippen LogP contribution in [0.1, 0.15) is 17.3 Å². The Morgan fingerprint density at radius 2 is 2.25 bits per heavy atom. The topological polar surface area (TPSA) is 88.5 Å². The lowest BCUT2D eigenvalue weighted by Crippen LogP contribution is -2.34. The Kier molecular flexibility index (Phi) is 3.82. The van der Waals surface area contributed by atoms with Crippen LogP contribution in [0.4, 0.5) is 0 Å². The lowest BCUT2D eigenvalue weighted by atomic mass is 10.2. The van der Waals surface area contributed by atoms with Crippen LogP contribution < -0.4 is 10.1 Å². The van der Waals surface area contributed by atoms with Crippen molar-refractivity contribution in [1.29, 1.82) is 0 Å². The molecule has 6 nitrogen and oxygen atoms in total. The summed E-state index contributed by atoms with van der Waals surface area (Å²) < 4.78 is 5.20. The van der Waals surface area contributed by atoms with E-state index < -0.39 is 12.1 Å². The first-order valence-corrected chi connectivity index (χ1v) is 4.61. The summed E-state index contributed by atoms with van der Waals surface area (Å²) in [5.74, 6) is -1.38. The molecule has 0 spiro atoms. The van der Waals surface area contributed by atoms with Gasteiger partial charge in [0.05, 0.1) is 6.20 Å². The number of nitrogens with zero attached hydrogens (tertiary/aromatic N) is 1. The highest BCUT2D eigenvalue weighted by Gasteiger charge is 2.17. The molecule has 0 radical (unpaired) electrons. The van der Waals surface area contributed by atoms with Crippen molar-refractivity contribution in [1.82, 2.24) is 10.3 Å². The number of hydrogen-bond donors (Lipinski definition) is 2. The SMILES string of the molecule is CNC(=O)C(C)Oc1cnccc1C(=O)O. The molecule has 1 amide bonds. The highest BCUT2D eigenvalue weighted by Crippen LogP contribution is 2.17. The van der Waals surface area contributed by atoms with Crippen molar-refractivity contribution in [2.45, 2.75) is 13.0 Å². The molecule has 0 aliphatic heterocycles. The number of carbonyl (C=O) groups excluding carboxylic acids is 1. The van der Waals surface area contributed by atoms with Crippen LogP contribution in [0.3, 0.4) is 0 Å². The molecule has 0 saturated heterocycles. The molecule has 0 aliphatic carbocycles. The molecule has 1 aromatic rings. The van der Waals surface area contributed by atoms with Crippen LogP contribution >= 0.6 is 0 Å². The molecule has 1 aromatic heterocycles. The van der Waals surface area contributed by atoms with Crippen molar-refractivity contribution in [2.75, 3.05) is 7.05 Å². The molecule has 6 heteroatoms. The van der Waals surface area contributed by atoms with Crippen molar-refractivity contribution in [2.24, 2.45) is 0 Å². The number of likely N-dealkylation sites (N-methyl/N-ethyl adjacent to an activating group) is 1. The first-order chi connectivity index (χ1) is 7.56. The van der Waals surface area contributed by atoms with Crippen LogP contribution in [0.2, 0.25) is 0 Å². The lowest BCUT2D eigenvalue weighted by Gasteiger charge is -2.14. The third-order valence-corrected chi connectivity index (χ3v) is 1.93. The van der Waals surface area contributed by atoms with Gasteiger partial charge in [0.15, 0.2) is 11.9 Å². The number of rotatable bonds is 4. The minimum atomic E-state index is -1.12. The quantitative estimate of drug-likeness (QED) is 0.767. The molecule has 1 heterocycles.